The molecule has 1 N–H and O–H groups in total. The topological polar surface area (TPSA) is 62.0 Å². The molecule has 120 valence electrons. The van der Waals surface area contributed by atoms with Gasteiger partial charge in [-0.25, -0.2) is 9.98 Å². The largest absolute Gasteiger partial charge is 0.481 e. The van der Waals surface area contributed by atoms with Crippen molar-refractivity contribution in [2.45, 2.75) is 96.1 Å². The molecule has 0 amide bonds. The average molecular weight is 294 g/mol. The molecular formula is C17H30N2O2. The number of rotatable bonds is 4. The van der Waals surface area contributed by atoms with Crippen LogP contribution >= 0.6 is 0 Å². The van der Waals surface area contributed by atoms with Gasteiger partial charge in [0.25, 0.3) is 0 Å². The van der Waals surface area contributed by atoms with Crippen molar-refractivity contribution < 1.29 is 9.90 Å². The highest BCUT2D eigenvalue weighted by molar-refractivity contribution is 5.66. The second-order valence-corrected chi connectivity index (χ2v) is 6.09. The van der Waals surface area contributed by atoms with Gasteiger partial charge in [-0.15, -0.1) is 0 Å². The van der Waals surface area contributed by atoms with Crippen molar-refractivity contribution in [3.63, 3.8) is 0 Å². The maximum Gasteiger partial charge on any atom is 0.303 e. The number of hydrogen-bond donors (Lipinski definition) is 1. The summed E-state index contributed by atoms with van der Waals surface area (Å²) in [5.41, 5.74) is 0. The Morgan fingerprint density at radius 3 is 1.67 bits per heavy atom. The zero-order chi connectivity index (χ0) is 15.3. The van der Waals surface area contributed by atoms with Gasteiger partial charge in [-0.05, 0) is 32.1 Å². The second kappa shape index (κ2) is 11.5. The predicted octanol–water partition coefficient (Wildman–Crippen LogP) is 4.70. The fraction of sp³-hybridized carbons (Fsp3) is 0.882. The van der Waals surface area contributed by atoms with E-state index in [4.69, 9.17) is 5.11 Å². The second-order valence-electron chi connectivity index (χ2n) is 6.09. The van der Waals surface area contributed by atoms with Crippen LogP contribution in [0.2, 0.25) is 0 Å². The fourth-order valence-corrected chi connectivity index (χ4v) is 2.83. The Labute approximate surface area is 128 Å². The van der Waals surface area contributed by atoms with Crippen LogP contribution in [0.1, 0.15) is 84.0 Å². The van der Waals surface area contributed by atoms with E-state index in [0.717, 1.165) is 6.42 Å². The lowest BCUT2D eigenvalue weighted by atomic mass is 9.96. The third-order valence-electron chi connectivity index (χ3n) is 4.09. The minimum Gasteiger partial charge on any atom is -0.481 e. The molecule has 0 unspecified atom stereocenters. The first-order valence-electron chi connectivity index (χ1n) is 8.58. The molecule has 0 saturated heterocycles. The van der Waals surface area contributed by atoms with E-state index in [-0.39, 0.29) is 0 Å². The smallest absolute Gasteiger partial charge is 0.303 e. The Kier molecular flexibility index (Phi) is 9.81. The summed E-state index contributed by atoms with van der Waals surface area (Å²) in [5, 5.41) is 7.91. The van der Waals surface area contributed by atoms with Crippen molar-refractivity contribution in [3.8, 4) is 0 Å². The highest BCUT2D eigenvalue weighted by Crippen LogP contribution is 2.21. The monoisotopic (exact) mass is 294 g/mol. The minimum atomic E-state index is -0.711. The van der Waals surface area contributed by atoms with Crippen LogP contribution in [-0.2, 0) is 4.79 Å². The molecule has 0 aromatic heterocycles. The van der Waals surface area contributed by atoms with E-state index in [2.05, 4.69) is 16.0 Å². The van der Waals surface area contributed by atoms with Gasteiger partial charge >= 0.3 is 5.97 Å². The molecule has 21 heavy (non-hydrogen) atoms. The van der Waals surface area contributed by atoms with Crippen LogP contribution in [0.15, 0.2) is 9.98 Å². The molecule has 0 aromatic rings. The molecule has 0 heterocycles. The number of aliphatic carboxylic acids is 1. The molecule has 0 bridgehead atoms. The fourth-order valence-electron chi connectivity index (χ4n) is 2.83. The van der Waals surface area contributed by atoms with Crippen LogP contribution in [0.4, 0.5) is 0 Å². The Balaban J connectivity index is 0.000000315. The molecule has 0 radical (unpaired) electrons. The summed E-state index contributed by atoms with van der Waals surface area (Å²) in [7, 11) is 0. The van der Waals surface area contributed by atoms with Crippen molar-refractivity contribution in [1.82, 2.24) is 0 Å². The van der Waals surface area contributed by atoms with Crippen molar-refractivity contribution in [1.29, 1.82) is 0 Å². The molecule has 2 fully saturated rings. The summed E-state index contributed by atoms with van der Waals surface area (Å²) in [5.74, 6) is -0.711. The first-order valence-corrected chi connectivity index (χ1v) is 8.58. The quantitative estimate of drug-likeness (QED) is 0.764. The molecule has 0 spiro atoms. The van der Waals surface area contributed by atoms with Crippen LogP contribution in [0.25, 0.3) is 0 Å². The van der Waals surface area contributed by atoms with Crippen molar-refractivity contribution in [3.05, 3.63) is 0 Å². The van der Waals surface area contributed by atoms with Gasteiger partial charge in [-0.2, -0.15) is 0 Å². The molecule has 0 aliphatic heterocycles. The number of carboxylic acids is 1. The van der Waals surface area contributed by atoms with E-state index in [1.165, 1.54) is 64.2 Å². The molecule has 4 heteroatoms. The van der Waals surface area contributed by atoms with Crippen LogP contribution < -0.4 is 0 Å². The van der Waals surface area contributed by atoms with Crippen molar-refractivity contribution in [2.24, 2.45) is 9.98 Å². The van der Waals surface area contributed by atoms with Gasteiger partial charge in [0, 0.05) is 6.42 Å². The highest BCUT2D eigenvalue weighted by Gasteiger charge is 2.12. The molecule has 0 atom stereocenters. The standard InChI is InChI=1S/C13H22N2.C4H8O2/c1-3-7-12(8-4-1)14-11-15-13-9-5-2-6-10-13;1-2-3-4(5)6/h12-13H,1-10H2;2-3H2,1H3,(H,5,6). The van der Waals surface area contributed by atoms with Gasteiger partial charge < -0.3 is 5.11 Å². The van der Waals surface area contributed by atoms with Crippen LogP contribution in [-0.4, -0.2) is 29.2 Å². The van der Waals surface area contributed by atoms with Gasteiger partial charge in [-0.3, -0.25) is 4.79 Å². The summed E-state index contributed by atoms with van der Waals surface area (Å²) in [6.07, 6.45) is 14.2. The molecule has 2 aliphatic carbocycles. The van der Waals surface area contributed by atoms with E-state index in [1.807, 2.05) is 6.92 Å². The number of aliphatic imine (C=N–C) groups is 2. The number of nitrogens with zero attached hydrogens (tertiary/aromatic N) is 2. The van der Waals surface area contributed by atoms with E-state index >= 15 is 0 Å². The van der Waals surface area contributed by atoms with E-state index in [9.17, 15) is 4.79 Å². The summed E-state index contributed by atoms with van der Waals surface area (Å²) in [4.78, 5) is 18.5. The first kappa shape index (κ1) is 17.9. The predicted molar refractivity (Wildman–Crippen MR) is 86.2 cm³/mol. The summed E-state index contributed by atoms with van der Waals surface area (Å²) < 4.78 is 0. The number of carbonyl (C=O) groups is 1. The van der Waals surface area contributed by atoms with E-state index in [0.29, 0.717) is 18.5 Å². The molecule has 2 rings (SSSR count). The normalized spacial score (nSPS) is 19.9. The maximum atomic E-state index is 9.60. The zero-order valence-corrected chi connectivity index (χ0v) is 13.4. The lowest BCUT2D eigenvalue weighted by molar-refractivity contribution is -0.137. The summed E-state index contributed by atoms with van der Waals surface area (Å²) in [6.45, 7) is 1.84. The third-order valence-corrected chi connectivity index (χ3v) is 4.09. The average Bonchev–Trinajstić information content (AvgIpc) is 2.50. The van der Waals surface area contributed by atoms with Crippen molar-refractivity contribution >= 4 is 12.0 Å². The lowest BCUT2D eigenvalue weighted by Crippen LogP contribution is -2.10. The first-order chi connectivity index (χ1) is 10.2. The Bertz CT molecular complexity index is 315. The van der Waals surface area contributed by atoms with Crippen LogP contribution in [0.3, 0.4) is 0 Å². The van der Waals surface area contributed by atoms with Gasteiger partial charge in [-0.1, -0.05) is 45.4 Å². The number of hydrogen-bond acceptors (Lipinski definition) is 3. The molecule has 0 aromatic carbocycles. The molecular weight excluding hydrogens is 264 g/mol. The summed E-state index contributed by atoms with van der Waals surface area (Å²) >= 11 is 0. The van der Waals surface area contributed by atoms with E-state index < -0.39 is 5.97 Å². The Morgan fingerprint density at radius 1 is 0.952 bits per heavy atom. The Hall–Kier alpha value is -1.15. The third kappa shape index (κ3) is 9.41. The van der Waals surface area contributed by atoms with E-state index in [1.54, 1.807) is 0 Å². The van der Waals surface area contributed by atoms with Gasteiger partial charge in [0.05, 0.1) is 18.1 Å². The van der Waals surface area contributed by atoms with Gasteiger partial charge in [0.15, 0.2) is 0 Å². The highest BCUT2D eigenvalue weighted by atomic mass is 16.4. The van der Waals surface area contributed by atoms with Gasteiger partial charge in [0.1, 0.15) is 0 Å². The molecule has 2 saturated carbocycles. The Morgan fingerprint density at radius 2 is 1.38 bits per heavy atom. The molecule has 4 nitrogen and oxygen atoms in total. The maximum absolute atomic E-state index is 9.60. The van der Waals surface area contributed by atoms with Crippen molar-refractivity contribution in [2.75, 3.05) is 0 Å². The SMILES string of the molecule is C(=NC1CCCCC1)=NC1CCCCC1.CCCC(=O)O. The lowest BCUT2D eigenvalue weighted by Gasteiger charge is -2.17. The minimum absolute atomic E-state index is 0.292. The number of carboxylic acid groups (broad SMARTS) is 1. The van der Waals surface area contributed by atoms with Crippen LogP contribution in [0, 0.1) is 0 Å². The van der Waals surface area contributed by atoms with Gasteiger partial charge in [0.2, 0.25) is 0 Å². The van der Waals surface area contributed by atoms with Crippen LogP contribution in [0.5, 0.6) is 0 Å². The molecule has 2 aliphatic rings. The summed E-state index contributed by atoms with van der Waals surface area (Å²) in [6, 6.07) is 4.04. The zero-order valence-electron chi connectivity index (χ0n) is 13.4.